The molecule has 1 saturated heterocycles. The van der Waals surface area contributed by atoms with E-state index in [1.807, 2.05) is 79.7 Å². The van der Waals surface area contributed by atoms with Gasteiger partial charge in [-0.15, -0.1) is 5.11 Å². The average molecular weight is 674 g/mol. The van der Waals surface area contributed by atoms with E-state index in [0.717, 1.165) is 79.2 Å². The van der Waals surface area contributed by atoms with Gasteiger partial charge in [-0.1, -0.05) is 48.5 Å². The van der Waals surface area contributed by atoms with Crippen LogP contribution in [0.1, 0.15) is 25.2 Å². The van der Waals surface area contributed by atoms with Gasteiger partial charge in [0.15, 0.2) is 6.29 Å². The molecule has 0 spiro atoms. The summed E-state index contributed by atoms with van der Waals surface area (Å²) in [5.74, 6) is 1.27. The molecule has 1 aromatic heterocycles. The summed E-state index contributed by atoms with van der Waals surface area (Å²) < 4.78 is 17.3. The first-order chi connectivity index (χ1) is 24.6. The van der Waals surface area contributed by atoms with E-state index in [9.17, 15) is 5.11 Å². The van der Waals surface area contributed by atoms with Crippen LogP contribution in [0.3, 0.4) is 0 Å². The van der Waals surface area contributed by atoms with Gasteiger partial charge in [-0.3, -0.25) is 4.90 Å². The maximum absolute atomic E-state index is 9.90. The van der Waals surface area contributed by atoms with Crippen LogP contribution in [0, 0.1) is 0 Å². The van der Waals surface area contributed by atoms with Crippen LogP contribution in [0.5, 0.6) is 11.6 Å². The van der Waals surface area contributed by atoms with Crippen molar-refractivity contribution in [2.24, 2.45) is 20.5 Å². The van der Waals surface area contributed by atoms with Gasteiger partial charge >= 0.3 is 0 Å². The monoisotopic (exact) mass is 673 g/mol. The highest BCUT2D eigenvalue weighted by molar-refractivity contribution is 5.95. The number of aliphatic hydroxyl groups excluding tert-OH is 1. The van der Waals surface area contributed by atoms with Gasteiger partial charge in [-0.2, -0.15) is 15.3 Å². The van der Waals surface area contributed by atoms with Crippen LogP contribution < -0.4 is 9.47 Å². The Morgan fingerprint density at radius 2 is 1.34 bits per heavy atom. The van der Waals surface area contributed by atoms with Crippen LogP contribution in [0.15, 0.2) is 130 Å². The number of aliphatic hydroxyl groups is 1. The molecule has 1 aliphatic rings. The van der Waals surface area contributed by atoms with Crippen LogP contribution >= 0.6 is 0 Å². The summed E-state index contributed by atoms with van der Waals surface area (Å²) in [4.78, 5) is 9.18. The van der Waals surface area contributed by atoms with Crippen LogP contribution in [0.2, 0.25) is 0 Å². The Labute approximate surface area is 292 Å². The highest BCUT2D eigenvalue weighted by Gasteiger charge is 2.17. The fourth-order valence-electron chi connectivity index (χ4n) is 5.62. The molecule has 4 aromatic carbocycles. The lowest BCUT2D eigenvalue weighted by atomic mass is 10.1. The number of piperazine rings is 1. The largest absolute Gasteiger partial charge is 0.490 e. The molecular formula is C39H43N7O4. The third-order valence-electron chi connectivity index (χ3n) is 8.38. The zero-order valence-corrected chi connectivity index (χ0v) is 28.3. The van der Waals surface area contributed by atoms with E-state index in [-0.39, 0.29) is 0 Å². The van der Waals surface area contributed by atoms with E-state index < -0.39 is 6.29 Å². The molecule has 50 heavy (non-hydrogen) atoms. The third-order valence-corrected chi connectivity index (χ3v) is 8.38. The SMILES string of the molecule is CCOC(O)c1ccc(OCCCN2CCN(CCOc3ccc4ccccc4c3/N=N/c3ccc(/N=N/c4ccccc4)cc3)CC2)nc1. The van der Waals surface area contributed by atoms with Crippen LogP contribution in [0.4, 0.5) is 22.7 Å². The molecule has 0 saturated carbocycles. The number of hydrogen-bond donors (Lipinski definition) is 1. The second-order valence-corrected chi connectivity index (χ2v) is 11.9. The molecule has 0 aliphatic carbocycles. The van der Waals surface area contributed by atoms with Crippen molar-refractivity contribution in [3.05, 3.63) is 115 Å². The number of ether oxygens (including phenoxy) is 3. The predicted molar refractivity (Wildman–Crippen MR) is 194 cm³/mol. The molecule has 2 heterocycles. The van der Waals surface area contributed by atoms with Crippen molar-refractivity contribution in [1.82, 2.24) is 14.8 Å². The highest BCUT2D eigenvalue weighted by atomic mass is 16.6. The first kappa shape index (κ1) is 34.8. The minimum absolute atomic E-state index is 0.435. The van der Waals surface area contributed by atoms with Crippen molar-refractivity contribution in [2.75, 3.05) is 59.1 Å². The summed E-state index contributed by atoms with van der Waals surface area (Å²) in [6, 6.07) is 32.9. The Kier molecular flexibility index (Phi) is 12.6. The molecule has 1 fully saturated rings. The Morgan fingerprint density at radius 1 is 0.680 bits per heavy atom. The van der Waals surface area contributed by atoms with Crippen molar-refractivity contribution < 1.29 is 19.3 Å². The maximum atomic E-state index is 9.90. The number of aromatic nitrogens is 1. The van der Waals surface area contributed by atoms with E-state index in [1.165, 1.54) is 0 Å². The molecule has 1 N–H and O–H groups in total. The standard InChI is InChI=1S/C39H43N7O4/c1-2-48-39(47)31-14-20-37(40-29-31)50-27-8-21-45-22-24-46(25-23-45)26-28-49-36-19-13-30-9-6-7-12-35(30)38(36)44-43-34-17-15-33(16-18-34)42-41-32-10-4-3-5-11-32/h3-7,9-20,29,39,47H,2,8,21-28H2,1H3/b42-41+,44-43+. The normalized spacial score (nSPS) is 14.8. The van der Waals surface area contributed by atoms with Crippen molar-refractivity contribution in [3.8, 4) is 11.6 Å². The van der Waals surface area contributed by atoms with Crippen molar-refractivity contribution >= 4 is 33.5 Å². The highest BCUT2D eigenvalue weighted by Crippen LogP contribution is 2.37. The first-order valence-electron chi connectivity index (χ1n) is 17.1. The summed E-state index contributed by atoms with van der Waals surface area (Å²) in [5.41, 5.74) is 3.60. The van der Waals surface area contributed by atoms with E-state index in [0.29, 0.717) is 37.0 Å². The maximum Gasteiger partial charge on any atom is 0.213 e. The lowest BCUT2D eigenvalue weighted by Gasteiger charge is -2.34. The number of hydrogen-bond acceptors (Lipinski definition) is 11. The van der Waals surface area contributed by atoms with Gasteiger partial charge < -0.3 is 24.2 Å². The quantitative estimate of drug-likeness (QED) is 0.0634. The smallest absolute Gasteiger partial charge is 0.213 e. The molecule has 5 aromatic rings. The molecular weight excluding hydrogens is 630 g/mol. The Balaban J connectivity index is 0.957. The Hall–Kier alpha value is -5.07. The molecule has 258 valence electrons. The predicted octanol–water partition coefficient (Wildman–Crippen LogP) is 8.56. The molecule has 0 amide bonds. The van der Waals surface area contributed by atoms with Gasteiger partial charge in [-0.05, 0) is 67.3 Å². The third kappa shape index (κ3) is 9.99. The number of nitrogens with zero attached hydrogens (tertiary/aromatic N) is 7. The van der Waals surface area contributed by atoms with Gasteiger partial charge in [0.25, 0.3) is 0 Å². The Morgan fingerprint density at radius 3 is 2.04 bits per heavy atom. The molecule has 1 aliphatic heterocycles. The second kappa shape index (κ2) is 18.1. The van der Waals surface area contributed by atoms with Crippen LogP contribution in [0.25, 0.3) is 10.8 Å². The number of azo groups is 2. The van der Waals surface area contributed by atoms with Crippen molar-refractivity contribution in [1.29, 1.82) is 0 Å². The molecule has 6 rings (SSSR count). The summed E-state index contributed by atoms with van der Waals surface area (Å²) in [7, 11) is 0. The topological polar surface area (TPSA) is 117 Å². The molecule has 11 heteroatoms. The Bertz CT molecular complexity index is 1830. The minimum Gasteiger partial charge on any atom is -0.490 e. The number of rotatable bonds is 16. The average Bonchev–Trinajstić information content (AvgIpc) is 3.17. The van der Waals surface area contributed by atoms with Gasteiger partial charge in [0.2, 0.25) is 5.88 Å². The second-order valence-electron chi connectivity index (χ2n) is 11.9. The van der Waals surface area contributed by atoms with E-state index >= 15 is 0 Å². The zero-order chi connectivity index (χ0) is 34.4. The van der Waals surface area contributed by atoms with Gasteiger partial charge in [0.1, 0.15) is 18.0 Å². The van der Waals surface area contributed by atoms with E-state index in [4.69, 9.17) is 14.2 Å². The summed E-state index contributed by atoms with van der Waals surface area (Å²) in [6.45, 7) is 9.21. The van der Waals surface area contributed by atoms with Crippen LogP contribution in [-0.2, 0) is 4.74 Å². The number of benzene rings is 4. The lowest BCUT2D eigenvalue weighted by molar-refractivity contribution is -0.0981. The number of fused-ring (bicyclic) bond motifs is 1. The van der Waals surface area contributed by atoms with Crippen LogP contribution in [-0.4, -0.2) is 79.0 Å². The summed E-state index contributed by atoms with van der Waals surface area (Å²) >= 11 is 0. The minimum atomic E-state index is -0.959. The molecule has 0 bridgehead atoms. The molecule has 11 nitrogen and oxygen atoms in total. The molecule has 1 atom stereocenters. The number of pyridine rings is 1. The van der Waals surface area contributed by atoms with Gasteiger partial charge in [0, 0.05) is 69.1 Å². The van der Waals surface area contributed by atoms with Crippen molar-refractivity contribution in [3.63, 3.8) is 0 Å². The molecule has 0 radical (unpaired) electrons. The van der Waals surface area contributed by atoms with Gasteiger partial charge in [-0.25, -0.2) is 4.98 Å². The zero-order valence-electron chi connectivity index (χ0n) is 28.3. The fraction of sp³-hybridized carbons (Fsp3) is 0.308. The van der Waals surface area contributed by atoms with Crippen molar-refractivity contribution in [2.45, 2.75) is 19.6 Å². The first-order valence-corrected chi connectivity index (χ1v) is 17.1. The summed E-state index contributed by atoms with van der Waals surface area (Å²) in [5, 5.41) is 29.8. The molecule has 1 unspecified atom stereocenters. The van der Waals surface area contributed by atoms with E-state index in [2.05, 4.69) is 53.4 Å². The lowest BCUT2D eigenvalue weighted by Crippen LogP contribution is -2.47. The summed E-state index contributed by atoms with van der Waals surface area (Å²) in [6.07, 6.45) is 1.54. The van der Waals surface area contributed by atoms with E-state index in [1.54, 1.807) is 18.3 Å². The van der Waals surface area contributed by atoms with Gasteiger partial charge in [0.05, 0.1) is 23.7 Å². The fourth-order valence-corrected chi connectivity index (χ4v) is 5.62.